The van der Waals surface area contributed by atoms with Crippen LogP contribution in [0.5, 0.6) is 0 Å². The molecule has 0 spiro atoms. The van der Waals surface area contributed by atoms with Crippen molar-refractivity contribution in [1.29, 1.82) is 0 Å². The number of hydrogen-bond acceptors (Lipinski definition) is 2. The van der Waals surface area contributed by atoms with Gasteiger partial charge in [-0.3, -0.25) is 4.90 Å². The molecule has 0 aromatic carbocycles. The fourth-order valence-electron chi connectivity index (χ4n) is 3.75. The maximum absolute atomic E-state index is 6.05. The number of rotatable bonds is 7. The van der Waals surface area contributed by atoms with E-state index < -0.39 is 0 Å². The zero-order valence-electron chi connectivity index (χ0n) is 11.9. The first-order chi connectivity index (χ1) is 8.12. The van der Waals surface area contributed by atoms with Gasteiger partial charge < -0.3 is 5.73 Å². The van der Waals surface area contributed by atoms with Crippen molar-refractivity contribution >= 4 is 0 Å². The van der Waals surface area contributed by atoms with Crippen molar-refractivity contribution < 1.29 is 0 Å². The summed E-state index contributed by atoms with van der Waals surface area (Å²) < 4.78 is 0. The van der Waals surface area contributed by atoms with E-state index in [4.69, 9.17) is 5.73 Å². The van der Waals surface area contributed by atoms with Gasteiger partial charge in [-0.2, -0.15) is 0 Å². The van der Waals surface area contributed by atoms with Gasteiger partial charge in [0.15, 0.2) is 0 Å². The fourth-order valence-corrected chi connectivity index (χ4v) is 3.75. The molecule has 100 valence electrons. The molecule has 0 bridgehead atoms. The smallest absolute Gasteiger partial charge is 0.0181 e. The second-order valence-corrected chi connectivity index (χ2v) is 6.51. The molecule has 2 nitrogen and oxygen atoms in total. The SMILES string of the molecule is CCCCCC(C)(CCC)N1CC2C(N)C2C1. The van der Waals surface area contributed by atoms with Crippen LogP contribution in [0.25, 0.3) is 0 Å². The van der Waals surface area contributed by atoms with Crippen molar-refractivity contribution in [2.45, 2.75) is 70.9 Å². The Hall–Kier alpha value is -0.0800. The van der Waals surface area contributed by atoms with Gasteiger partial charge in [-0.1, -0.05) is 39.5 Å². The minimum absolute atomic E-state index is 0.455. The summed E-state index contributed by atoms with van der Waals surface area (Å²) in [6.07, 6.45) is 8.15. The van der Waals surface area contributed by atoms with Gasteiger partial charge in [-0.25, -0.2) is 0 Å². The Labute approximate surface area is 107 Å². The van der Waals surface area contributed by atoms with Crippen molar-refractivity contribution in [3.63, 3.8) is 0 Å². The average molecular weight is 238 g/mol. The quantitative estimate of drug-likeness (QED) is 0.691. The Bertz CT molecular complexity index is 241. The molecule has 1 saturated carbocycles. The number of likely N-dealkylation sites (tertiary alicyclic amines) is 1. The van der Waals surface area contributed by atoms with Crippen LogP contribution in [0.1, 0.15) is 59.3 Å². The molecule has 1 aliphatic heterocycles. The first kappa shape index (κ1) is 13.4. The van der Waals surface area contributed by atoms with Crippen molar-refractivity contribution in [2.24, 2.45) is 17.6 Å². The van der Waals surface area contributed by atoms with Crippen LogP contribution in [-0.4, -0.2) is 29.6 Å². The van der Waals surface area contributed by atoms with E-state index in [1.807, 2.05) is 0 Å². The lowest BCUT2D eigenvalue weighted by Gasteiger charge is -2.40. The number of nitrogens with zero attached hydrogens (tertiary/aromatic N) is 1. The maximum atomic E-state index is 6.05. The van der Waals surface area contributed by atoms with Gasteiger partial charge in [0.25, 0.3) is 0 Å². The van der Waals surface area contributed by atoms with Crippen molar-refractivity contribution in [1.82, 2.24) is 4.90 Å². The molecule has 3 unspecified atom stereocenters. The van der Waals surface area contributed by atoms with E-state index in [1.54, 1.807) is 0 Å². The Balaban J connectivity index is 1.87. The molecular weight excluding hydrogens is 208 g/mol. The second kappa shape index (κ2) is 5.27. The molecule has 1 aliphatic carbocycles. The van der Waals surface area contributed by atoms with Crippen LogP contribution in [0.4, 0.5) is 0 Å². The summed E-state index contributed by atoms with van der Waals surface area (Å²) in [5, 5.41) is 0. The predicted octanol–water partition coefficient (Wildman–Crippen LogP) is 3.01. The molecule has 2 heteroatoms. The first-order valence-electron chi connectivity index (χ1n) is 7.63. The molecule has 0 amide bonds. The predicted molar refractivity (Wildman–Crippen MR) is 74.0 cm³/mol. The normalized spacial score (nSPS) is 35.6. The highest BCUT2D eigenvalue weighted by atomic mass is 15.3. The molecule has 1 heterocycles. The third-order valence-electron chi connectivity index (χ3n) is 5.13. The van der Waals surface area contributed by atoms with E-state index >= 15 is 0 Å². The van der Waals surface area contributed by atoms with Gasteiger partial charge in [0.1, 0.15) is 0 Å². The summed E-state index contributed by atoms with van der Waals surface area (Å²) in [6.45, 7) is 9.65. The van der Waals surface area contributed by atoms with Crippen molar-refractivity contribution in [2.75, 3.05) is 13.1 Å². The Morgan fingerprint density at radius 1 is 1.06 bits per heavy atom. The first-order valence-corrected chi connectivity index (χ1v) is 7.63. The topological polar surface area (TPSA) is 29.3 Å². The zero-order valence-corrected chi connectivity index (χ0v) is 11.9. The number of hydrogen-bond donors (Lipinski definition) is 1. The summed E-state index contributed by atoms with van der Waals surface area (Å²) in [7, 11) is 0. The standard InChI is InChI=1S/C15H30N2/c1-4-6-7-9-15(3,8-5-2)17-10-12-13(11-17)14(12)16/h12-14H,4-11,16H2,1-3H3. The molecular formula is C15H30N2. The van der Waals surface area contributed by atoms with Gasteiger partial charge in [0, 0.05) is 24.7 Å². The molecule has 0 radical (unpaired) electrons. The number of nitrogens with two attached hydrogens (primary N) is 1. The van der Waals surface area contributed by atoms with E-state index in [9.17, 15) is 0 Å². The van der Waals surface area contributed by atoms with Crippen LogP contribution in [0.2, 0.25) is 0 Å². The highest BCUT2D eigenvalue weighted by molar-refractivity contribution is 5.11. The summed E-state index contributed by atoms with van der Waals surface area (Å²) in [5.41, 5.74) is 6.50. The molecule has 2 aliphatic rings. The Morgan fingerprint density at radius 3 is 2.24 bits per heavy atom. The minimum atomic E-state index is 0.455. The molecule has 2 rings (SSSR count). The van der Waals surface area contributed by atoms with Crippen molar-refractivity contribution in [3.8, 4) is 0 Å². The van der Waals surface area contributed by atoms with E-state index in [0.717, 1.165) is 11.8 Å². The zero-order chi connectivity index (χ0) is 12.5. The van der Waals surface area contributed by atoms with Crippen LogP contribution in [-0.2, 0) is 0 Å². The molecule has 17 heavy (non-hydrogen) atoms. The van der Waals surface area contributed by atoms with Gasteiger partial charge in [0.05, 0.1) is 0 Å². The monoisotopic (exact) mass is 238 g/mol. The van der Waals surface area contributed by atoms with E-state index in [0.29, 0.717) is 11.6 Å². The van der Waals surface area contributed by atoms with Crippen LogP contribution in [0.3, 0.4) is 0 Å². The number of piperidine rings is 1. The lowest BCUT2D eigenvalue weighted by atomic mass is 9.87. The summed E-state index contributed by atoms with van der Waals surface area (Å²) in [6, 6.07) is 0.535. The van der Waals surface area contributed by atoms with Crippen LogP contribution < -0.4 is 5.73 Å². The Kier molecular flexibility index (Phi) is 4.14. The van der Waals surface area contributed by atoms with Gasteiger partial charge >= 0.3 is 0 Å². The van der Waals surface area contributed by atoms with Gasteiger partial charge in [-0.15, -0.1) is 0 Å². The summed E-state index contributed by atoms with van der Waals surface area (Å²) >= 11 is 0. The molecule has 3 atom stereocenters. The largest absolute Gasteiger partial charge is 0.327 e. The molecule has 0 aromatic heterocycles. The molecule has 2 fully saturated rings. The molecule has 2 N–H and O–H groups in total. The third kappa shape index (κ3) is 2.68. The highest BCUT2D eigenvalue weighted by Gasteiger charge is 2.56. The fraction of sp³-hybridized carbons (Fsp3) is 1.00. The van der Waals surface area contributed by atoms with E-state index in [2.05, 4.69) is 25.7 Å². The summed E-state index contributed by atoms with van der Waals surface area (Å²) in [5.74, 6) is 1.66. The van der Waals surface area contributed by atoms with Crippen LogP contribution in [0, 0.1) is 11.8 Å². The van der Waals surface area contributed by atoms with Crippen LogP contribution in [0.15, 0.2) is 0 Å². The highest BCUT2D eigenvalue weighted by Crippen LogP contribution is 2.47. The average Bonchev–Trinajstić information content (AvgIpc) is 2.76. The second-order valence-electron chi connectivity index (χ2n) is 6.51. The van der Waals surface area contributed by atoms with Gasteiger partial charge in [-0.05, 0) is 31.6 Å². The lowest BCUT2D eigenvalue weighted by molar-refractivity contribution is 0.0941. The van der Waals surface area contributed by atoms with Gasteiger partial charge in [0.2, 0.25) is 0 Å². The number of fused-ring (bicyclic) bond motifs is 1. The summed E-state index contributed by atoms with van der Waals surface area (Å²) in [4.78, 5) is 2.75. The Morgan fingerprint density at radius 2 is 1.71 bits per heavy atom. The third-order valence-corrected chi connectivity index (χ3v) is 5.13. The molecule has 0 aromatic rings. The number of unbranched alkanes of at least 4 members (excludes halogenated alkanes) is 2. The molecule has 1 saturated heterocycles. The minimum Gasteiger partial charge on any atom is -0.327 e. The van der Waals surface area contributed by atoms with Crippen LogP contribution >= 0.6 is 0 Å². The van der Waals surface area contributed by atoms with E-state index in [-0.39, 0.29) is 0 Å². The van der Waals surface area contributed by atoms with Crippen molar-refractivity contribution in [3.05, 3.63) is 0 Å². The van der Waals surface area contributed by atoms with E-state index in [1.165, 1.54) is 51.6 Å². The lowest BCUT2D eigenvalue weighted by Crippen LogP contribution is -2.47. The maximum Gasteiger partial charge on any atom is 0.0181 e.